The van der Waals surface area contributed by atoms with Gasteiger partial charge in [-0.25, -0.2) is 8.42 Å². The molecule has 0 bridgehead atoms. The quantitative estimate of drug-likeness (QED) is 0.579. The average Bonchev–Trinajstić information content (AvgIpc) is 3.18. The van der Waals surface area contributed by atoms with E-state index in [1.807, 2.05) is 36.4 Å². The maximum Gasteiger partial charge on any atom is 0.243 e. The molecule has 0 spiro atoms. The van der Waals surface area contributed by atoms with Gasteiger partial charge < -0.3 is 4.52 Å². The van der Waals surface area contributed by atoms with E-state index in [1.165, 1.54) is 4.31 Å². The smallest absolute Gasteiger partial charge is 0.243 e. The first kappa shape index (κ1) is 19.3. The number of rotatable bonds is 5. The Morgan fingerprint density at radius 2 is 1.75 bits per heavy atom. The van der Waals surface area contributed by atoms with Crippen LogP contribution < -0.4 is 0 Å². The van der Waals surface area contributed by atoms with Crippen molar-refractivity contribution in [3.63, 3.8) is 0 Å². The zero-order chi connectivity index (χ0) is 19.6. The van der Waals surface area contributed by atoms with Crippen molar-refractivity contribution in [1.29, 1.82) is 0 Å². The largest absolute Gasteiger partial charge is 0.338 e. The fourth-order valence-electron chi connectivity index (χ4n) is 3.12. The summed E-state index contributed by atoms with van der Waals surface area (Å²) < 4.78 is 33.2. The molecular weight excluding hydrogens is 444 g/mol. The van der Waals surface area contributed by atoms with Gasteiger partial charge in [0.2, 0.25) is 21.7 Å². The lowest BCUT2D eigenvalue weighted by atomic mass is 10.2. The molecule has 2 heterocycles. The van der Waals surface area contributed by atoms with E-state index in [0.29, 0.717) is 49.3 Å². The molecule has 4 rings (SSSR count). The molecular formula is C19H19BrN4O3S. The van der Waals surface area contributed by atoms with Crippen LogP contribution in [0.4, 0.5) is 0 Å². The summed E-state index contributed by atoms with van der Waals surface area (Å²) in [6.45, 7) is 2.57. The van der Waals surface area contributed by atoms with Gasteiger partial charge in [0.05, 0.1) is 11.4 Å². The molecule has 0 saturated carbocycles. The van der Waals surface area contributed by atoms with Crippen molar-refractivity contribution in [3.05, 3.63) is 65.0 Å². The first-order chi connectivity index (χ1) is 13.5. The summed E-state index contributed by atoms with van der Waals surface area (Å²) >= 11 is 3.33. The average molecular weight is 463 g/mol. The monoisotopic (exact) mass is 462 g/mol. The Bertz CT molecular complexity index is 1050. The van der Waals surface area contributed by atoms with E-state index < -0.39 is 10.0 Å². The summed E-state index contributed by atoms with van der Waals surface area (Å²) in [5.74, 6) is 1.09. The van der Waals surface area contributed by atoms with Gasteiger partial charge in [-0.15, -0.1) is 0 Å². The van der Waals surface area contributed by atoms with E-state index in [4.69, 9.17) is 4.52 Å². The molecule has 0 atom stereocenters. The molecule has 146 valence electrons. The molecule has 28 heavy (non-hydrogen) atoms. The van der Waals surface area contributed by atoms with E-state index in [-0.39, 0.29) is 0 Å². The molecule has 0 amide bonds. The minimum atomic E-state index is -3.49. The predicted octanol–water partition coefficient (Wildman–Crippen LogP) is 3.01. The number of nitrogens with zero attached hydrogens (tertiary/aromatic N) is 4. The van der Waals surface area contributed by atoms with Crippen LogP contribution in [0.2, 0.25) is 0 Å². The highest BCUT2D eigenvalue weighted by molar-refractivity contribution is 9.10. The third kappa shape index (κ3) is 4.17. The maximum atomic E-state index is 12.8. The predicted molar refractivity (Wildman–Crippen MR) is 108 cm³/mol. The lowest BCUT2D eigenvalue weighted by Crippen LogP contribution is -2.48. The van der Waals surface area contributed by atoms with Crippen LogP contribution in [0.5, 0.6) is 0 Å². The summed E-state index contributed by atoms with van der Waals surface area (Å²) in [6.07, 6.45) is 0. The van der Waals surface area contributed by atoms with Crippen LogP contribution in [0.1, 0.15) is 5.89 Å². The van der Waals surface area contributed by atoms with Crippen molar-refractivity contribution in [1.82, 2.24) is 19.3 Å². The Balaban J connectivity index is 1.38. The van der Waals surface area contributed by atoms with Crippen molar-refractivity contribution in [2.24, 2.45) is 0 Å². The van der Waals surface area contributed by atoms with Crippen molar-refractivity contribution in [3.8, 4) is 11.4 Å². The molecule has 1 aromatic heterocycles. The number of piperazine rings is 1. The minimum Gasteiger partial charge on any atom is -0.338 e. The third-order valence-electron chi connectivity index (χ3n) is 4.62. The molecule has 0 N–H and O–H groups in total. The Labute approximate surface area is 172 Å². The molecule has 0 aliphatic carbocycles. The second-order valence-corrected chi connectivity index (χ2v) is 9.37. The maximum absolute atomic E-state index is 12.8. The number of benzene rings is 2. The fraction of sp³-hybridized carbons (Fsp3) is 0.263. The first-order valence-corrected chi connectivity index (χ1v) is 11.1. The van der Waals surface area contributed by atoms with Crippen LogP contribution in [-0.2, 0) is 16.6 Å². The number of hydrogen-bond acceptors (Lipinski definition) is 6. The molecule has 1 aliphatic heterocycles. The highest BCUT2D eigenvalue weighted by Gasteiger charge is 2.29. The SMILES string of the molecule is O=S(=O)(c1cccc(Br)c1)N1CCN(Cc2nc(-c3ccccc3)no2)CC1. The van der Waals surface area contributed by atoms with Crippen LogP contribution in [-0.4, -0.2) is 53.9 Å². The summed E-state index contributed by atoms with van der Waals surface area (Å²) in [5, 5.41) is 4.03. The third-order valence-corrected chi connectivity index (χ3v) is 7.01. The Morgan fingerprint density at radius 1 is 1.00 bits per heavy atom. The van der Waals surface area contributed by atoms with Crippen LogP contribution in [0, 0.1) is 0 Å². The highest BCUT2D eigenvalue weighted by Crippen LogP contribution is 2.22. The molecule has 7 nitrogen and oxygen atoms in total. The van der Waals surface area contributed by atoms with E-state index >= 15 is 0 Å². The lowest BCUT2D eigenvalue weighted by molar-refractivity contribution is 0.163. The second kappa shape index (κ2) is 8.12. The first-order valence-electron chi connectivity index (χ1n) is 8.88. The number of halogens is 1. The molecule has 1 aliphatic rings. The van der Waals surface area contributed by atoms with Crippen molar-refractivity contribution < 1.29 is 12.9 Å². The van der Waals surface area contributed by atoms with Gasteiger partial charge in [-0.2, -0.15) is 9.29 Å². The van der Waals surface area contributed by atoms with Gasteiger partial charge in [0, 0.05) is 36.2 Å². The summed E-state index contributed by atoms with van der Waals surface area (Å²) in [4.78, 5) is 6.87. The minimum absolute atomic E-state index is 0.305. The number of sulfonamides is 1. The van der Waals surface area contributed by atoms with E-state index in [1.54, 1.807) is 18.2 Å². The van der Waals surface area contributed by atoms with Gasteiger partial charge in [-0.3, -0.25) is 4.90 Å². The van der Waals surface area contributed by atoms with Crippen molar-refractivity contribution >= 4 is 26.0 Å². The second-order valence-electron chi connectivity index (χ2n) is 6.52. The van der Waals surface area contributed by atoms with Gasteiger partial charge in [-0.05, 0) is 18.2 Å². The highest BCUT2D eigenvalue weighted by atomic mass is 79.9. The van der Waals surface area contributed by atoms with Gasteiger partial charge in [0.15, 0.2) is 0 Å². The standard InChI is InChI=1S/C19H19BrN4O3S/c20-16-7-4-8-17(13-16)28(25,26)24-11-9-23(10-12-24)14-18-21-19(22-27-18)15-5-2-1-3-6-15/h1-8,13H,9-12,14H2. The zero-order valence-corrected chi connectivity index (χ0v) is 17.4. The van der Waals surface area contributed by atoms with Gasteiger partial charge in [0.1, 0.15) is 0 Å². The van der Waals surface area contributed by atoms with Crippen LogP contribution in [0.25, 0.3) is 11.4 Å². The van der Waals surface area contributed by atoms with Gasteiger partial charge >= 0.3 is 0 Å². The Kier molecular flexibility index (Phi) is 5.58. The van der Waals surface area contributed by atoms with Crippen LogP contribution in [0.15, 0.2) is 68.5 Å². The molecule has 1 fully saturated rings. The fourth-order valence-corrected chi connectivity index (χ4v) is 5.14. The number of aromatic nitrogens is 2. The molecule has 2 aromatic carbocycles. The van der Waals surface area contributed by atoms with E-state index in [0.717, 1.165) is 10.0 Å². The molecule has 1 saturated heterocycles. The summed E-state index contributed by atoms with van der Waals surface area (Å²) in [6, 6.07) is 16.4. The normalized spacial score (nSPS) is 16.3. The van der Waals surface area contributed by atoms with Crippen LogP contribution in [0.3, 0.4) is 0 Å². The molecule has 0 radical (unpaired) electrons. The van der Waals surface area contributed by atoms with Crippen molar-refractivity contribution in [2.75, 3.05) is 26.2 Å². The Morgan fingerprint density at radius 3 is 2.46 bits per heavy atom. The number of hydrogen-bond donors (Lipinski definition) is 0. The Hall–Kier alpha value is -2.07. The van der Waals surface area contributed by atoms with E-state index in [9.17, 15) is 8.42 Å². The van der Waals surface area contributed by atoms with Crippen molar-refractivity contribution in [2.45, 2.75) is 11.4 Å². The van der Waals surface area contributed by atoms with Crippen LogP contribution >= 0.6 is 15.9 Å². The topological polar surface area (TPSA) is 79.5 Å². The van der Waals surface area contributed by atoms with E-state index in [2.05, 4.69) is 31.0 Å². The molecule has 3 aromatic rings. The van der Waals surface area contributed by atoms with Gasteiger partial charge in [0.25, 0.3) is 0 Å². The molecule has 9 heteroatoms. The lowest BCUT2D eigenvalue weighted by Gasteiger charge is -2.33. The van der Waals surface area contributed by atoms with Gasteiger partial charge in [-0.1, -0.05) is 57.5 Å². The summed E-state index contributed by atoms with van der Waals surface area (Å²) in [5.41, 5.74) is 0.905. The summed E-state index contributed by atoms with van der Waals surface area (Å²) in [7, 11) is -3.49. The zero-order valence-electron chi connectivity index (χ0n) is 15.0. The molecule has 0 unspecified atom stereocenters.